The molecule has 2 heterocycles. The Kier molecular flexibility index (Phi) is 6.41. The SMILES string of the molecule is CCc1cc(C#N)ccc1-c1c(C)n(C(C)C)c2cc(N3CCNCC3)c(Br)cc2c1=O. The molecule has 0 unspecified atom stereocenters. The van der Waals surface area contributed by atoms with Crippen molar-refractivity contribution in [3.8, 4) is 17.2 Å². The maximum absolute atomic E-state index is 13.9. The standard InChI is InChI=1S/C26H29BrN4O/c1-5-19-12-18(15-28)6-7-20(19)25-17(4)31(16(2)3)23-14-24(30-10-8-29-9-11-30)22(27)13-21(23)26(25)32/h6-7,12-14,16,29H,5,8-11H2,1-4H3. The molecule has 1 fully saturated rings. The first-order valence-electron chi connectivity index (χ1n) is 11.2. The van der Waals surface area contributed by atoms with E-state index in [4.69, 9.17) is 0 Å². The molecule has 4 rings (SSSR count). The van der Waals surface area contributed by atoms with Gasteiger partial charge in [0.2, 0.25) is 0 Å². The van der Waals surface area contributed by atoms with E-state index in [0.29, 0.717) is 5.56 Å². The van der Waals surface area contributed by atoms with Crippen molar-refractivity contribution >= 4 is 32.5 Å². The van der Waals surface area contributed by atoms with Crippen molar-refractivity contribution < 1.29 is 0 Å². The molecule has 166 valence electrons. The Morgan fingerprint density at radius 1 is 1.19 bits per heavy atom. The highest BCUT2D eigenvalue weighted by Gasteiger charge is 2.22. The number of hydrogen-bond acceptors (Lipinski definition) is 4. The van der Waals surface area contributed by atoms with Gasteiger partial charge in [-0.1, -0.05) is 13.0 Å². The number of anilines is 1. The van der Waals surface area contributed by atoms with Gasteiger partial charge in [0.05, 0.1) is 22.8 Å². The van der Waals surface area contributed by atoms with E-state index >= 15 is 0 Å². The number of benzene rings is 2. The zero-order chi connectivity index (χ0) is 23.0. The van der Waals surface area contributed by atoms with E-state index in [9.17, 15) is 10.1 Å². The van der Waals surface area contributed by atoms with Crippen LogP contribution in [-0.4, -0.2) is 30.7 Å². The van der Waals surface area contributed by atoms with E-state index in [1.807, 2.05) is 25.1 Å². The molecule has 1 N–H and O–H groups in total. The van der Waals surface area contributed by atoms with Crippen LogP contribution in [0, 0.1) is 18.3 Å². The van der Waals surface area contributed by atoms with E-state index in [1.54, 1.807) is 6.07 Å². The fraction of sp³-hybridized carbons (Fsp3) is 0.385. The number of nitriles is 1. The van der Waals surface area contributed by atoms with Crippen molar-refractivity contribution in [1.82, 2.24) is 9.88 Å². The summed E-state index contributed by atoms with van der Waals surface area (Å²) in [6.07, 6.45) is 0.759. The average Bonchev–Trinajstić information content (AvgIpc) is 2.79. The molecule has 1 saturated heterocycles. The summed E-state index contributed by atoms with van der Waals surface area (Å²) in [5, 5.41) is 13.4. The molecule has 1 aliphatic heterocycles. The average molecular weight is 493 g/mol. The third-order valence-corrected chi connectivity index (χ3v) is 7.01. The van der Waals surface area contributed by atoms with Crippen LogP contribution in [0.25, 0.3) is 22.0 Å². The van der Waals surface area contributed by atoms with Gasteiger partial charge in [-0.15, -0.1) is 0 Å². The summed E-state index contributed by atoms with van der Waals surface area (Å²) in [5.74, 6) is 0. The van der Waals surface area contributed by atoms with Crippen LogP contribution in [0.2, 0.25) is 0 Å². The van der Waals surface area contributed by atoms with Gasteiger partial charge in [0.25, 0.3) is 0 Å². The predicted octanol–water partition coefficient (Wildman–Crippen LogP) is 5.16. The second-order valence-corrected chi connectivity index (χ2v) is 9.50. The molecule has 3 aromatic rings. The maximum Gasteiger partial charge on any atom is 0.197 e. The Bertz CT molecular complexity index is 1280. The quantitative estimate of drug-likeness (QED) is 0.545. The predicted molar refractivity (Wildman–Crippen MR) is 136 cm³/mol. The first-order chi connectivity index (χ1) is 15.4. The van der Waals surface area contributed by atoms with Crippen molar-refractivity contribution in [1.29, 1.82) is 5.26 Å². The van der Waals surface area contributed by atoms with E-state index in [-0.39, 0.29) is 11.5 Å². The van der Waals surface area contributed by atoms with Crippen LogP contribution in [0.5, 0.6) is 0 Å². The Balaban J connectivity index is 2.04. The Labute approximate surface area is 197 Å². The van der Waals surface area contributed by atoms with Gasteiger partial charge < -0.3 is 14.8 Å². The first kappa shape index (κ1) is 22.6. The lowest BCUT2D eigenvalue weighted by atomic mass is 9.93. The van der Waals surface area contributed by atoms with Crippen molar-refractivity contribution in [2.75, 3.05) is 31.1 Å². The lowest BCUT2D eigenvalue weighted by Crippen LogP contribution is -2.43. The zero-order valence-corrected chi connectivity index (χ0v) is 20.7. The fourth-order valence-electron chi connectivity index (χ4n) is 4.86. The lowest BCUT2D eigenvalue weighted by molar-refractivity contribution is 0.587. The number of nitrogens with one attached hydrogen (secondary N) is 1. The minimum atomic E-state index is 0.0429. The normalized spacial score (nSPS) is 14.2. The summed E-state index contributed by atoms with van der Waals surface area (Å²) in [6.45, 7) is 12.2. The molecule has 0 amide bonds. The number of fused-ring (bicyclic) bond motifs is 1. The minimum absolute atomic E-state index is 0.0429. The third kappa shape index (κ3) is 3.85. The Morgan fingerprint density at radius 2 is 1.91 bits per heavy atom. The highest BCUT2D eigenvalue weighted by atomic mass is 79.9. The largest absolute Gasteiger partial charge is 0.368 e. The van der Waals surface area contributed by atoms with Crippen LogP contribution < -0.4 is 15.6 Å². The summed E-state index contributed by atoms with van der Waals surface area (Å²) < 4.78 is 3.23. The minimum Gasteiger partial charge on any atom is -0.368 e. The van der Waals surface area contributed by atoms with Crippen LogP contribution in [0.3, 0.4) is 0 Å². The molecule has 0 radical (unpaired) electrons. The number of hydrogen-bond donors (Lipinski definition) is 1. The molecule has 32 heavy (non-hydrogen) atoms. The molecule has 0 bridgehead atoms. The number of piperazine rings is 1. The first-order valence-corrected chi connectivity index (χ1v) is 12.0. The zero-order valence-electron chi connectivity index (χ0n) is 19.1. The number of halogens is 1. The molecule has 2 aromatic carbocycles. The summed E-state index contributed by atoms with van der Waals surface area (Å²) in [7, 11) is 0. The maximum atomic E-state index is 13.9. The van der Waals surface area contributed by atoms with Gasteiger partial charge in [0, 0.05) is 53.3 Å². The van der Waals surface area contributed by atoms with E-state index < -0.39 is 0 Å². The molecular formula is C26H29BrN4O. The van der Waals surface area contributed by atoms with E-state index in [0.717, 1.165) is 76.0 Å². The van der Waals surface area contributed by atoms with Gasteiger partial charge in [0.1, 0.15) is 0 Å². The summed E-state index contributed by atoms with van der Waals surface area (Å²) in [4.78, 5) is 16.2. The second-order valence-electron chi connectivity index (χ2n) is 8.65. The van der Waals surface area contributed by atoms with Gasteiger partial charge >= 0.3 is 0 Å². The smallest absolute Gasteiger partial charge is 0.197 e. The van der Waals surface area contributed by atoms with Crippen molar-refractivity contribution in [3.05, 3.63) is 61.8 Å². The number of aromatic nitrogens is 1. The summed E-state index contributed by atoms with van der Waals surface area (Å²) in [5.41, 5.74) is 6.41. The van der Waals surface area contributed by atoms with Crippen LogP contribution in [0.1, 0.15) is 43.6 Å². The summed E-state index contributed by atoms with van der Waals surface area (Å²) in [6, 6.07) is 12.2. The van der Waals surface area contributed by atoms with Gasteiger partial charge in [-0.05, 0) is 78.5 Å². The number of rotatable bonds is 4. The number of aryl methyl sites for hydroxylation is 1. The van der Waals surface area contributed by atoms with Crippen molar-refractivity contribution in [2.45, 2.75) is 40.2 Å². The Morgan fingerprint density at radius 3 is 2.53 bits per heavy atom. The van der Waals surface area contributed by atoms with Gasteiger partial charge in [-0.3, -0.25) is 4.79 Å². The van der Waals surface area contributed by atoms with Crippen LogP contribution >= 0.6 is 15.9 Å². The molecule has 0 atom stereocenters. The molecule has 1 aliphatic rings. The molecule has 0 aliphatic carbocycles. The molecule has 1 aromatic heterocycles. The monoisotopic (exact) mass is 492 g/mol. The van der Waals surface area contributed by atoms with Crippen LogP contribution in [-0.2, 0) is 6.42 Å². The van der Waals surface area contributed by atoms with Gasteiger partial charge in [-0.2, -0.15) is 5.26 Å². The van der Waals surface area contributed by atoms with E-state index in [1.165, 1.54) is 0 Å². The molecular weight excluding hydrogens is 464 g/mol. The number of nitrogens with zero attached hydrogens (tertiary/aromatic N) is 3. The number of pyridine rings is 1. The van der Waals surface area contributed by atoms with Crippen LogP contribution in [0.4, 0.5) is 5.69 Å². The van der Waals surface area contributed by atoms with Gasteiger partial charge in [-0.25, -0.2) is 0 Å². The fourth-order valence-corrected chi connectivity index (χ4v) is 5.46. The third-order valence-electron chi connectivity index (χ3n) is 6.38. The van der Waals surface area contributed by atoms with Crippen molar-refractivity contribution in [2.24, 2.45) is 0 Å². The topological polar surface area (TPSA) is 61.1 Å². The lowest BCUT2D eigenvalue weighted by Gasteiger charge is -2.31. The molecule has 6 heteroatoms. The summed E-state index contributed by atoms with van der Waals surface area (Å²) >= 11 is 3.75. The molecule has 0 spiro atoms. The van der Waals surface area contributed by atoms with E-state index in [2.05, 4.69) is 63.6 Å². The van der Waals surface area contributed by atoms with Gasteiger partial charge in [0.15, 0.2) is 5.43 Å². The highest BCUT2D eigenvalue weighted by molar-refractivity contribution is 9.10. The van der Waals surface area contributed by atoms with Crippen molar-refractivity contribution in [3.63, 3.8) is 0 Å². The Hall–Kier alpha value is -2.62. The highest BCUT2D eigenvalue weighted by Crippen LogP contribution is 2.35. The van der Waals surface area contributed by atoms with Crippen LogP contribution in [0.15, 0.2) is 39.6 Å². The molecule has 5 nitrogen and oxygen atoms in total. The second kappa shape index (κ2) is 9.09. The molecule has 0 saturated carbocycles.